The first kappa shape index (κ1) is 11.8. The summed E-state index contributed by atoms with van der Waals surface area (Å²) in [7, 11) is 0. The van der Waals surface area contributed by atoms with Crippen LogP contribution in [0.25, 0.3) is 0 Å². The second-order valence-electron chi connectivity index (χ2n) is 4.78. The Labute approximate surface area is 90.5 Å². The summed E-state index contributed by atoms with van der Waals surface area (Å²) < 4.78 is 0. The Morgan fingerprint density at radius 1 is 1.36 bits per heavy atom. The van der Waals surface area contributed by atoms with Gasteiger partial charge >= 0.3 is 5.97 Å². The molecule has 82 valence electrons. The van der Waals surface area contributed by atoms with Crippen LogP contribution in [-0.4, -0.2) is 17.6 Å². The van der Waals surface area contributed by atoms with Gasteiger partial charge in [0.1, 0.15) is 0 Å². The highest BCUT2D eigenvalue weighted by molar-refractivity contribution is 5.85. The zero-order valence-corrected chi connectivity index (χ0v) is 9.05. The largest absolute Gasteiger partial charge is 0.481 e. The predicted molar refractivity (Wildman–Crippen MR) is 56.4 cm³/mol. The van der Waals surface area contributed by atoms with E-state index in [1.807, 2.05) is 0 Å². The van der Waals surface area contributed by atoms with Crippen LogP contribution in [0.1, 0.15) is 32.1 Å². The van der Waals surface area contributed by atoms with E-state index in [1.165, 1.54) is 12.8 Å². The Hall–Kier alpha value is -0.280. The van der Waals surface area contributed by atoms with Crippen molar-refractivity contribution in [1.29, 1.82) is 0 Å². The fourth-order valence-corrected chi connectivity index (χ4v) is 3.08. The van der Waals surface area contributed by atoms with Crippen LogP contribution in [0.2, 0.25) is 0 Å². The van der Waals surface area contributed by atoms with Crippen molar-refractivity contribution >= 4 is 18.4 Å². The average Bonchev–Trinajstić information content (AvgIpc) is 2.28. The molecule has 0 aliphatic heterocycles. The normalized spacial score (nSPS) is 39.5. The molecule has 0 spiro atoms. The third-order valence-corrected chi connectivity index (χ3v) is 3.92. The van der Waals surface area contributed by atoms with Gasteiger partial charge in [0, 0.05) is 0 Å². The topological polar surface area (TPSA) is 63.3 Å². The lowest BCUT2D eigenvalue weighted by molar-refractivity contribution is -0.139. The second kappa shape index (κ2) is 4.07. The van der Waals surface area contributed by atoms with Crippen molar-refractivity contribution in [2.75, 3.05) is 6.54 Å². The molecule has 2 aliphatic carbocycles. The molecule has 2 rings (SSSR count). The molecule has 0 aromatic rings. The monoisotopic (exact) mass is 219 g/mol. The number of fused-ring (bicyclic) bond motifs is 1. The summed E-state index contributed by atoms with van der Waals surface area (Å²) in [4.78, 5) is 10.7. The number of hydrogen-bond donors (Lipinski definition) is 2. The standard InChI is InChI=1S/C10H17NO2.ClH/c11-6-10(5-9(12)13)3-7-1-2-8(7)4-10;/h7-8H,1-6,11H2,(H,12,13);1H/t7-,8+,10+;. The summed E-state index contributed by atoms with van der Waals surface area (Å²) in [6.45, 7) is 0.548. The van der Waals surface area contributed by atoms with Gasteiger partial charge in [0.2, 0.25) is 0 Å². The number of carboxylic acid groups (broad SMARTS) is 1. The lowest BCUT2D eigenvalue weighted by Gasteiger charge is -2.29. The van der Waals surface area contributed by atoms with E-state index in [1.54, 1.807) is 0 Å². The number of aliphatic carboxylic acids is 1. The maximum atomic E-state index is 10.7. The molecule has 0 aromatic carbocycles. The van der Waals surface area contributed by atoms with Gasteiger partial charge in [-0.3, -0.25) is 4.79 Å². The fraction of sp³-hybridized carbons (Fsp3) is 0.900. The molecule has 2 fully saturated rings. The minimum atomic E-state index is -0.688. The molecule has 2 saturated carbocycles. The van der Waals surface area contributed by atoms with E-state index in [2.05, 4.69) is 0 Å². The van der Waals surface area contributed by atoms with Gasteiger partial charge < -0.3 is 10.8 Å². The van der Waals surface area contributed by atoms with Crippen molar-refractivity contribution in [3.05, 3.63) is 0 Å². The maximum absolute atomic E-state index is 10.7. The predicted octanol–water partition coefficient (Wildman–Crippen LogP) is 1.65. The summed E-state index contributed by atoms with van der Waals surface area (Å²) >= 11 is 0. The van der Waals surface area contributed by atoms with Gasteiger partial charge in [-0.2, -0.15) is 0 Å². The molecule has 0 bridgehead atoms. The highest BCUT2D eigenvalue weighted by Crippen LogP contribution is 2.56. The Morgan fingerprint density at radius 3 is 2.14 bits per heavy atom. The van der Waals surface area contributed by atoms with E-state index in [0.717, 1.165) is 24.7 Å². The van der Waals surface area contributed by atoms with Gasteiger partial charge in [0.25, 0.3) is 0 Å². The number of carboxylic acids is 1. The number of carbonyl (C=O) groups is 1. The van der Waals surface area contributed by atoms with Crippen LogP contribution in [0.4, 0.5) is 0 Å². The van der Waals surface area contributed by atoms with Crippen LogP contribution in [0.15, 0.2) is 0 Å². The summed E-state index contributed by atoms with van der Waals surface area (Å²) in [6.07, 6.45) is 4.98. The molecule has 0 unspecified atom stereocenters. The minimum Gasteiger partial charge on any atom is -0.481 e. The molecule has 4 heteroatoms. The van der Waals surface area contributed by atoms with E-state index in [9.17, 15) is 4.79 Å². The molecule has 0 radical (unpaired) electrons. The molecule has 0 amide bonds. The molecule has 3 nitrogen and oxygen atoms in total. The van der Waals surface area contributed by atoms with Crippen molar-refractivity contribution in [1.82, 2.24) is 0 Å². The van der Waals surface area contributed by atoms with Crippen molar-refractivity contribution < 1.29 is 9.90 Å². The first-order chi connectivity index (χ1) is 6.15. The molecule has 0 heterocycles. The van der Waals surface area contributed by atoms with Crippen LogP contribution in [0, 0.1) is 17.3 Å². The van der Waals surface area contributed by atoms with Gasteiger partial charge in [-0.1, -0.05) is 0 Å². The summed E-state index contributed by atoms with van der Waals surface area (Å²) in [5.74, 6) is 0.901. The summed E-state index contributed by atoms with van der Waals surface area (Å²) in [5.41, 5.74) is 5.65. The van der Waals surface area contributed by atoms with E-state index < -0.39 is 5.97 Å². The van der Waals surface area contributed by atoms with E-state index in [4.69, 9.17) is 10.8 Å². The third kappa shape index (κ3) is 1.89. The quantitative estimate of drug-likeness (QED) is 0.759. The van der Waals surface area contributed by atoms with Crippen molar-refractivity contribution in [3.8, 4) is 0 Å². The lowest BCUT2D eigenvalue weighted by atomic mass is 9.77. The van der Waals surface area contributed by atoms with E-state index >= 15 is 0 Å². The Kier molecular flexibility index (Phi) is 3.43. The molecule has 0 aromatic heterocycles. The SMILES string of the molecule is Cl.NC[C@@]1(CC(=O)O)C[C@H]2CC[C@H]2C1. The smallest absolute Gasteiger partial charge is 0.303 e. The van der Waals surface area contributed by atoms with Crippen LogP contribution in [0.5, 0.6) is 0 Å². The molecule has 3 N–H and O–H groups in total. The van der Waals surface area contributed by atoms with Crippen LogP contribution in [-0.2, 0) is 4.79 Å². The van der Waals surface area contributed by atoms with Gasteiger partial charge in [0.15, 0.2) is 0 Å². The number of halogens is 1. The average molecular weight is 220 g/mol. The van der Waals surface area contributed by atoms with Crippen molar-refractivity contribution in [3.63, 3.8) is 0 Å². The molecular weight excluding hydrogens is 202 g/mol. The third-order valence-electron chi connectivity index (χ3n) is 3.92. The van der Waals surface area contributed by atoms with E-state index in [0.29, 0.717) is 6.54 Å². The Morgan fingerprint density at radius 2 is 1.86 bits per heavy atom. The highest BCUT2D eigenvalue weighted by Gasteiger charge is 2.49. The number of rotatable bonds is 3. The van der Waals surface area contributed by atoms with E-state index in [-0.39, 0.29) is 24.2 Å². The molecule has 3 atom stereocenters. The fourth-order valence-electron chi connectivity index (χ4n) is 3.08. The minimum absolute atomic E-state index is 0. The summed E-state index contributed by atoms with van der Waals surface area (Å²) in [6, 6.07) is 0. The Balaban J connectivity index is 0.000000980. The van der Waals surface area contributed by atoms with Crippen LogP contribution >= 0.6 is 12.4 Å². The Bertz CT molecular complexity index is 220. The molecule has 2 aliphatic rings. The molecule has 0 saturated heterocycles. The number of hydrogen-bond acceptors (Lipinski definition) is 2. The molecule has 14 heavy (non-hydrogen) atoms. The first-order valence-corrected chi connectivity index (χ1v) is 5.07. The van der Waals surface area contributed by atoms with Crippen LogP contribution < -0.4 is 5.73 Å². The number of nitrogens with two attached hydrogens (primary N) is 1. The summed E-state index contributed by atoms with van der Waals surface area (Å²) in [5, 5.41) is 8.81. The second-order valence-corrected chi connectivity index (χ2v) is 4.78. The van der Waals surface area contributed by atoms with Crippen molar-refractivity contribution in [2.24, 2.45) is 23.0 Å². The first-order valence-electron chi connectivity index (χ1n) is 5.07. The molecular formula is C10H18ClNO2. The van der Waals surface area contributed by atoms with Crippen LogP contribution in [0.3, 0.4) is 0 Å². The highest BCUT2D eigenvalue weighted by atomic mass is 35.5. The van der Waals surface area contributed by atoms with Gasteiger partial charge in [-0.15, -0.1) is 12.4 Å². The van der Waals surface area contributed by atoms with Gasteiger partial charge in [-0.05, 0) is 49.5 Å². The van der Waals surface area contributed by atoms with Crippen molar-refractivity contribution in [2.45, 2.75) is 32.1 Å². The van der Waals surface area contributed by atoms with Gasteiger partial charge in [-0.25, -0.2) is 0 Å². The maximum Gasteiger partial charge on any atom is 0.303 e. The zero-order chi connectivity index (χ0) is 9.47. The van der Waals surface area contributed by atoms with Gasteiger partial charge in [0.05, 0.1) is 6.42 Å². The zero-order valence-electron chi connectivity index (χ0n) is 8.24. The lowest BCUT2D eigenvalue weighted by Crippen LogP contribution is -2.30.